The molecule has 1 rings (SSSR count). The molecule has 0 saturated carbocycles. The molecule has 14 heavy (non-hydrogen) atoms. The first-order valence-electron chi connectivity index (χ1n) is 3.12. The standard InChI is InChI=1S/C6H4ClF3N2O.CH4/c1-12-5(7)3(2-13)4(11-12)6(8,9)10;/h2H,1H3;1H4. The molecule has 0 aliphatic heterocycles. The van der Waals surface area contributed by atoms with Gasteiger partial charge in [0.15, 0.2) is 12.0 Å². The van der Waals surface area contributed by atoms with Crippen LogP contribution in [0.1, 0.15) is 23.5 Å². The van der Waals surface area contributed by atoms with Crippen LogP contribution in [0, 0.1) is 0 Å². The van der Waals surface area contributed by atoms with E-state index < -0.39 is 17.4 Å². The van der Waals surface area contributed by atoms with Crippen LogP contribution in [0.5, 0.6) is 0 Å². The number of halogens is 4. The van der Waals surface area contributed by atoms with Crippen molar-refractivity contribution in [1.29, 1.82) is 0 Å². The monoisotopic (exact) mass is 228 g/mol. The zero-order valence-electron chi connectivity index (χ0n) is 6.39. The molecule has 1 aromatic rings. The van der Waals surface area contributed by atoms with Gasteiger partial charge in [0, 0.05) is 7.05 Å². The van der Waals surface area contributed by atoms with E-state index in [-0.39, 0.29) is 18.9 Å². The van der Waals surface area contributed by atoms with Gasteiger partial charge in [-0.1, -0.05) is 19.0 Å². The Balaban J connectivity index is 0.00000169. The van der Waals surface area contributed by atoms with Gasteiger partial charge >= 0.3 is 6.18 Å². The van der Waals surface area contributed by atoms with Crippen molar-refractivity contribution in [2.24, 2.45) is 7.05 Å². The summed E-state index contributed by atoms with van der Waals surface area (Å²) in [6, 6.07) is 0. The Kier molecular flexibility index (Phi) is 3.70. The van der Waals surface area contributed by atoms with E-state index in [0.29, 0.717) is 0 Å². The first-order chi connectivity index (χ1) is 5.88. The molecule has 0 spiro atoms. The molecule has 0 atom stereocenters. The largest absolute Gasteiger partial charge is 0.435 e. The van der Waals surface area contributed by atoms with Gasteiger partial charge in [0.25, 0.3) is 0 Å². The van der Waals surface area contributed by atoms with Crippen LogP contribution in [0.2, 0.25) is 5.15 Å². The molecule has 1 heterocycles. The van der Waals surface area contributed by atoms with Crippen molar-refractivity contribution in [2.45, 2.75) is 13.6 Å². The maximum atomic E-state index is 12.1. The highest BCUT2D eigenvalue weighted by atomic mass is 35.5. The van der Waals surface area contributed by atoms with Crippen LogP contribution >= 0.6 is 11.6 Å². The molecule has 0 saturated heterocycles. The Hall–Kier alpha value is -1.04. The summed E-state index contributed by atoms with van der Waals surface area (Å²) in [7, 11) is 1.23. The van der Waals surface area contributed by atoms with Gasteiger partial charge in [-0.2, -0.15) is 18.3 Å². The highest BCUT2D eigenvalue weighted by molar-refractivity contribution is 6.32. The lowest BCUT2D eigenvalue weighted by atomic mass is 10.3. The molecule has 0 aromatic carbocycles. The van der Waals surface area contributed by atoms with Crippen molar-refractivity contribution < 1.29 is 18.0 Å². The van der Waals surface area contributed by atoms with Crippen molar-refractivity contribution in [2.75, 3.05) is 0 Å². The number of hydrogen-bond acceptors (Lipinski definition) is 2. The summed E-state index contributed by atoms with van der Waals surface area (Å²) in [4.78, 5) is 10.3. The quantitative estimate of drug-likeness (QED) is 0.693. The third-order valence-electron chi connectivity index (χ3n) is 1.40. The minimum absolute atomic E-state index is 0. The van der Waals surface area contributed by atoms with E-state index >= 15 is 0 Å². The topological polar surface area (TPSA) is 34.9 Å². The van der Waals surface area contributed by atoms with Crippen molar-refractivity contribution in [1.82, 2.24) is 9.78 Å². The average Bonchev–Trinajstić information content (AvgIpc) is 2.28. The Morgan fingerprint density at radius 1 is 1.50 bits per heavy atom. The number of carbonyl (C=O) groups is 1. The zero-order chi connectivity index (χ0) is 10.2. The summed E-state index contributed by atoms with van der Waals surface area (Å²) in [5.74, 6) is 0. The van der Waals surface area contributed by atoms with E-state index in [1.807, 2.05) is 0 Å². The zero-order valence-corrected chi connectivity index (χ0v) is 7.15. The number of carbonyl (C=O) groups excluding carboxylic acids is 1. The molecule has 0 N–H and O–H groups in total. The number of hydrogen-bond donors (Lipinski definition) is 0. The van der Waals surface area contributed by atoms with E-state index in [0.717, 1.165) is 4.68 Å². The smallest absolute Gasteiger partial charge is 0.298 e. The molecular formula is C7H8ClF3N2O. The lowest BCUT2D eigenvalue weighted by Crippen LogP contribution is -2.09. The summed E-state index contributed by atoms with van der Waals surface area (Å²) in [5, 5.41) is 2.76. The van der Waals surface area contributed by atoms with Gasteiger partial charge in [-0.05, 0) is 0 Å². The molecule has 0 amide bonds. The molecule has 0 radical (unpaired) electrons. The minimum Gasteiger partial charge on any atom is -0.298 e. The first kappa shape index (κ1) is 13.0. The Morgan fingerprint density at radius 2 is 2.00 bits per heavy atom. The van der Waals surface area contributed by atoms with E-state index in [1.165, 1.54) is 7.05 Å². The average molecular weight is 229 g/mol. The first-order valence-corrected chi connectivity index (χ1v) is 3.50. The third-order valence-corrected chi connectivity index (χ3v) is 1.85. The van der Waals surface area contributed by atoms with Crippen molar-refractivity contribution in [3.63, 3.8) is 0 Å². The van der Waals surface area contributed by atoms with Crippen LogP contribution in [0.15, 0.2) is 0 Å². The second-order valence-electron chi connectivity index (χ2n) is 2.29. The van der Waals surface area contributed by atoms with Crippen LogP contribution in [0.25, 0.3) is 0 Å². The highest BCUT2D eigenvalue weighted by Gasteiger charge is 2.38. The second kappa shape index (κ2) is 4.00. The molecule has 0 aliphatic rings. The van der Waals surface area contributed by atoms with Gasteiger partial charge in [0.2, 0.25) is 0 Å². The Morgan fingerprint density at radius 3 is 2.29 bits per heavy atom. The fourth-order valence-electron chi connectivity index (χ4n) is 0.834. The molecule has 0 unspecified atom stereocenters. The van der Waals surface area contributed by atoms with E-state index in [1.54, 1.807) is 0 Å². The summed E-state index contributed by atoms with van der Waals surface area (Å²) in [6.45, 7) is 0. The SMILES string of the molecule is C.Cn1nc(C(F)(F)F)c(C=O)c1Cl. The predicted octanol–water partition coefficient (Wildman–Crippen LogP) is 2.54. The molecule has 0 aliphatic carbocycles. The van der Waals surface area contributed by atoms with Gasteiger partial charge in [-0.25, -0.2) is 0 Å². The molecule has 7 heteroatoms. The summed E-state index contributed by atoms with van der Waals surface area (Å²) < 4.78 is 37.2. The number of aldehydes is 1. The van der Waals surface area contributed by atoms with E-state index in [4.69, 9.17) is 11.6 Å². The molecule has 3 nitrogen and oxygen atoms in total. The van der Waals surface area contributed by atoms with E-state index in [9.17, 15) is 18.0 Å². The maximum absolute atomic E-state index is 12.1. The van der Waals surface area contributed by atoms with E-state index in [2.05, 4.69) is 5.10 Å². The number of aryl methyl sites for hydroxylation is 1. The predicted molar refractivity (Wildman–Crippen MR) is 45.3 cm³/mol. The third kappa shape index (κ3) is 2.06. The summed E-state index contributed by atoms with van der Waals surface area (Å²) >= 11 is 5.39. The number of nitrogens with zero attached hydrogens (tertiary/aromatic N) is 2. The fourth-order valence-corrected chi connectivity index (χ4v) is 1.01. The number of rotatable bonds is 1. The van der Waals surface area contributed by atoms with Crippen LogP contribution in [0.4, 0.5) is 13.2 Å². The lowest BCUT2D eigenvalue weighted by molar-refractivity contribution is -0.141. The van der Waals surface area contributed by atoms with Gasteiger partial charge in [-0.15, -0.1) is 0 Å². The van der Waals surface area contributed by atoms with Crippen molar-refractivity contribution >= 4 is 17.9 Å². The van der Waals surface area contributed by atoms with Crippen molar-refractivity contribution in [3.8, 4) is 0 Å². The Labute approximate surface area is 83.5 Å². The second-order valence-corrected chi connectivity index (χ2v) is 2.65. The molecule has 0 fully saturated rings. The van der Waals surface area contributed by atoms with Crippen LogP contribution < -0.4 is 0 Å². The van der Waals surface area contributed by atoms with Gasteiger partial charge in [-0.3, -0.25) is 9.48 Å². The molecule has 1 aromatic heterocycles. The van der Waals surface area contributed by atoms with Crippen LogP contribution in [0.3, 0.4) is 0 Å². The summed E-state index contributed by atoms with van der Waals surface area (Å²) in [5.41, 5.74) is -1.88. The maximum Gasteiger partial charge on any atom is 0.435 e. The molecule has 80 valence electrons. The minimum atomic E-state index is -4.65. The Bertz CT molecular complexity index is 345. The molecular weight excluding hydrogens is 221 g/mol. The van der Waals surface area contributed by atoms with Crippen LogP contribution in [-0.4, -0.2) is 16.1 Å². The molecule has 0 bridgehead atoms. The van der Waals surface area contributed by atoms with Gasteiger partial charge in [0.1, 0.15) is 5.15 Å². The summed E-state index contributed by atoms with van der Waals surface area (Å²) in [6.07, 6.45) is -4.61. The normalized spacial score (nSPS) is 10.9. The lowest BCUT2D eigenvalue weighted by Gasteiger charge is -2.01. The highest BCUT2D eigenvalue weighted by Crippen LogP contribution is 2.32. The van der Waals surface area contributed by atoms with Crippen molar-refractivity contribution in [3.05, 3.63) is 16.4 Å². The van der Waals surface area contributed by atoms with Gasteiger partial charge in [0.05, 0.1) is 5.56 Å². The number of alkyl halides is 3. The van der Waals surface area contributed by atoms with Crippen LogP contribution in [-0.2, 0) is 13.2 Å². The number of aromatic nitrogens is 2. The van der Waals surface area contributed by atoms with Gasteiger partial charge < -0.3 is 0 Å². The fraction of sp³-hybridized carbons (Fsp3) is 0.429.